The zero-order chi connectivity index (χ0) is 21.2. The van der Waals surface area contributed by atoms with Gasteiger partial charge < -0.3 is 15.5 Å². The summed E-state index contributed by atoms with van der Waals surface area (Å²) in [5.74, 6) is -0.299. The zero-order valence-corrected chi connectivity index (χ0v) is 16.1. The summed E-state index contributed by atoms with van der Waals surface area (Å²) in [7, 11) is 0. The van der Waals surface area contributed by atoms with Crippen molar-refractivity contribution in [2.45, 2.75) is 25.2 Å². The van der Waals surface area contributed by atoms with Crippen LogP contribution in [0.25, 0.3) is 0 Å². The lowest BCUT2D eigenvalue weighted by atomic mass is 10.0. The standard InChI is InChI=1S/C19H18ClF3N4O2/c1-11-17(28)24-9-10-27(11)18(29)26-16(12-5-7-13(20)8-6-12)14-3-2-4-15(25-14)19(21,22)23/h2-8,11,16H,9-10H2,1H3,(H,24,28)(H,26,29)/t11-,16?/m1/s1. The summed E-state index contributed by atoms with van der Waals surface area (Å²) in [6.45, 7) is 2.15. The monoisotopic (exact) mass is 426 g/mol. The summed E-state index contributed by atoms with van der Waals surface area (Å²) in [5, 5.41) is 5.80. The molecule has 6 nitrogen and oxygen atoms in total. The fraction of sp³-hybridized carbons (Fsp3) is 0.316. The molecule has 0 spiro atoms. The number of aromatic nitrogens is 1. The minimum absolute atomic E-state index is 0.0182. The Morgan fingerprint density at radius 2 is 1.97 bits per heavy atom. The number of rotatable bonds is 3. The van der Waals surface area contributed by atoms with Crippen LogP contribution in [0.15, 0.2) is 42.5 Å². The van der Waals surface area contributed by atoms with Crippen molar-refractivity contribution >= 4 is 23.5 Å². The van der Waals surface area contributed by atoms with Crippen molar-refractivity contribution in [3.63, 3.8) is 0 Å². The summed E-state index contributed by atoms with van der Waals surface area (Å²) in [4.78, 5) is 29.7. The molecule has 1 fully saturated rings. The SMILES string of the molecule is C[C@@H]1C(=O)NCCN1C(=O)NC(c1ccc(Cl)cc1)c1cccc(C(F)(F)F)n1. The van der Waals surface area contributed by atoms with Gasteiger partial charge in [0.2, 0.25) is 5.91 Å². The molecule has 2 heterocycles. The number of alkyl halides is 3. The predicted octanol–water partition coefficient (Wildman–Crippen LogP) is 3.37. The van der Waals surface area contributed by atoms with Crippen LogP contribution < -0.4 is 10.6 Å². The average molecular weight is 427 g/mol. The van der Waals surface area contributed by atoms with E-state index in [1.807, 2.05) is 0 Å². The highest BCUT2D eigenvalue weighted by Crippen LogP contribution is 2.30. The lowest BCUT2D eigenvalue weighted by molar-refractivity contribution is -0.141. The largest absolute Gasteiger partial charge is 0.433 e. The van der Waals surface area contributed by atoms with Gasteiger partial charge in [-0.05, 0) is 36.8 Å². The highest BCUT2D eigenvalue weighted by molar-refractivity contribution is 6.30. The van der Waals surface area contributed by atoms with E-state index in [2.05, 4.69) is 15.6 Å². The molecule has 0 radical (unpaired) electrons. The van der Waals surface area contributed by atoms with E-state index in [9.17, 15) is 22.8 Å². The molecule has 1 unspecified atom stereocenters. The molecular weight excluding hydrogens is 409 g/mol. The fourth-order valence-electron chi connectivity index (χ4n) is 3.02. The van der Waals surface area contributed by atoms with Crippen LogP contribution in [0, 0.1) is 0 Å². The molecule has 3 rings (SSSR count). The number of benzene rings is 1. The first-order valence-electron chi connectivity index (χ1n) is 8.81. The van der Waals surface area contributed by atoms with Crippen LogP contribution >= 0.6 is 11.6 Å². The van der Waals surface area contributed by atoms with Crippen molar-refractivity contribution in [3.05, 3.63) is 64.4 Å². The molecule has 1 saturated heterocycles. The van der Waals surface area contributed by atoms with Gasteiger partial charge in [-0.25, -0.2) is 9.78 Å². The lowest BCUT2D eigenvalue weighted by Gasteiger charge is -2.34. The number of pyridine rings is 1. The van der Waals surface area contributed by atoms with E-state index in [4.69, 9.17) is 11.6 Å². The molecule has 2 atom stereocenters. The molecule has 1 aromatic heterocycles. The summed E-state index contributed by atoms with van der Waals surface area (Å²) >= 11 is 5.91. The van der Waals surface area contributed by atoms with Crippen LogP contribution in [0.5, 0.6) is 0 Å². The van der Waals surface area contributed by atoms with Gasteiger partial charge >= 0.3 is 12.2 Å². The van der Waals surface area contributed by atoms with E-state index < -0.39 is 30.0 Å². The normalized spacial score (nSPS) is 18.2. The Balaban J connectivity index is 1.95. The van der Waals surface area contributed by atoms with E-state index in [-0.39, 0.29) is 18.1 Å². The topological polar surface area (TPSA) is 74.3 Å². The van der Waals surface area contributed by atoms with Crippen molar-refractivity contribution in [1.29, 1.82) is 0 Å². The number of hydrogen-bond donors (Lipinski definition) is 2. The molecule has 10 heteroatoms. The van der Waals surface area contributed by atoms with Gasteiger partial charge in [0.05, 0.1) is 11.7 Å². The maximum Gasteiger partial charge on any atom is 0.433 e. The van der Waals surface area contributed by atoms with Gasteiger partial charge in [0.1, 0.15) is 11.7 Å². The van der Waals surface area contributed by atoms with E-state index >= 15 is 0 Å². The quantitative estimate of drug-likeness (QED) is 0.790. The molecule has 0 bridgehead atoms. The second-order valence-corrected chi connectivity index (χ2v) is 6.98. The third kappa shape index (κ3) is 4.79. The van der Waals surface area contributed by atoms with Crippen molar-refractivity contribution in [1.82, 2.24) is 20.5 Å². The molecule has 1 aliphatic heterocycles. The van der Waals surface area contributed by atoms with Gasteiger partial charge in [-0.2, -0.15) is 13.2 Å². The minimum Gasteiger partial charge on any atom is -0.353 e. The van der Waals surface area contributed by atoms with Gasteiger partial charge in [0.25, 0.3) is 0 Å². The molecule has 154 valence electrons. The summed E-state index contributed by atoms with van der Waals surface area (Å²) in [5.41, 5.74) is -0.540. The first-order valence-corrected chi connectivity index (χ1v) is 9.19. The smallest absolute Gasteiger partial charge is 0.353 e. The van der Waals surface area contributed by atoms with Gasteiger partial charge in [0, 0.05) is 18.1 Å². The fourth-order valence-corrected chi connectivity index (χ4v) is 3.15. The van der Waals surface area contributed by atoms with Crippen LogP contribution in [-0.2, 0) is 11.0 Å². The van der Waals surface area contributed by atoms with Crippen molar-refractivity contribution in [3.8, 4) is 0 Å². The molecule has 3 amide bonds. The molecule has 0 saturated carbocycles. The number of amides is 3. The third-order valence-electron chi connectivity index (χ3n) is 4.59. The summed E-state index contributed by atoms with van der Waals surface area (Å²) in [6, 6.07) is 7.60. The third-order valence-corrected chi connectivity index (χ3v) is 4.84. The van der Waals surface area contributed by atoms with Crippen LogP contribution in [0.1, 0.15) is 29.9 Å². The van der Waals surface area contributed by atoms with Crippen molar-refractivity contribution in [2.75, 3.05) is 13.1 Å². The Morgan fingerprint density at radius 3 is 2.62 bits per heavy atom. The number of nitrogens with zero attached hydrogens (tertiary/aromatic N) is 2. The average Bonchev–Trinajstić information content (AvgIpc) is 2.68. The maximum atomic E-state index is 13.1. The molecule has 2 aromatic rings. The minimum atomic E-state index is -4.62. The number of hydrogen-bond acceptors (Lipinski definition) is 3. The second-order valence-electron chi connectivity index (χ2n) is 6.54. The van der Waals surface area contributed by atoms with E-state index in [0.29, 0.717) is 17.1 Å². The summed E-state index contributed by atoms with van der Waals surface area (Å²) < 4.78 is 39.3. The number of urea groups is 1. The Morgan fingerprint density at radius 1 is 1.28 bits per heavy atom. The lowest BCUT2D eigenvalue weighted by Crippen LogP contribution is -2.58. The predicted molar refractivity (Wildman–Crippen MR) is 100 cm³/mol. The van der Waals surface area contributed by atoms with Crippen LogP contribution in [0.2, 0.25) is 5.02 Å². The molecule has 0 aliphatic carbocycles. The number of nitrogens with one attached hydrogen (secondary N) is 2. The molecule has 1 aromatic carbocycles. The van der Waals surface area contributed by atoms with Crippen LogP contribution in [0.4, 0.5) is 18.0 Å². The second kappa shape index (κ2) is 8.28. The maximum absolute atomic E-state index is 13.1. The number of carbonyl (C=O) groups excluding carboxylic acids is 2. The number of halogens is 4. The van der Waals surface area contributed by atoms with E-state index in [0.717, 1.165) is 6.07 Å². The highest BCUT2D eigenvalue weighted by atomic mass is 35.5. The molecular formula is C19H18ClF3N4O2. The first-order chi connectivity index (χ1) is 13.7. The van der Waals surface area contributed by atoms with E-state index in [1.165, 1.54) is 17.0 Å². The molecule has 29 heavy (non-hydrogen) atoms. The Bertz CT molecular complexity index is 905. The highest BCUT2D eigenvalue weighted by Gasteiger charge is 2.34. The van der Waals surface area contributed by atoms with Crippen LogP contribution in [0.3, 0.4) is 0 Å². The van der Waals surface area contributed by atoms with Crippen LogP contribution in [-0.4, -0.2) is 41.0 Å². The zero-order valence-electron chi connectivity index (χ0n) is 15.3. The van der Waals surface area contributed by atoms with E-state index in [1.54, 1.807) is 31.2 Å². The molecule has 1 aliphatic rings. The number of carbonyl (C=O) groups is 2. The Hall–Kier alpha value is -2.81. The van der Waals surface area contributed by atoms with Gasteiger partial charge in [-0.15, -0.1) is 0 Å². The Labute approximate surface area is 170 Å². The Kier molecular flexibility index (Phi) is 5.97. The molecule has 2 N–H and O–H groups in total. The van der Waals surface area contributed by atoms with Gasteiger partial charge in [-0.3, -0.25) is 4.79 Å². The van der Waals surface area contributed by atoms with Crippen molar-refractivity contribution in [2.24, 2.45) is 0 Å². The van der Waals surface area contributed by atoms with Gasteiger partial charge in [-0.1, -0.05) is 29.8 Å². The van der Waals surface area contributed by atoms with Gasteiger partial charge in [0.15, 0.2) is 0 Å². The van der Waals surface area contributed by atoms with Crippen molar-refractivity contribution < 1.29 is 22.8 Å². The summed E-state index contributed by atoms with van der Waals surface area (Å²) in [6.07, 6.45) is -4.62. The first kappa shape index (κ1) is 20.9. The number of piperazine rings is 1.